The van der Waals surface area contributed by atoms with Crippen molar-refractivity contribution in [3.8, 4) is 5.75 Å². The number of rotatable bonds is 3. The van der Waals surface area contributed by atoms with Gasteiger partial charge in [-0.15, -0.1) is 10.2 Å². The first-order chi connectivity index (χ1) is 9.70. The lowest BCUT2D eigenvalue weighted by Crippen LogP contribution is -2.43. The predicted octanol–water partition coefficient (Wildman–Crippen LogP) is 1.04. The Bertz CT molecular complexity index is 624. The highest BCUT2D eigenvalue weighted by Crippen LogP contribution is 2.23. The maximum Gasteiger partial charge on any atom is 0.229 e. The molecule has 0 saturated heterocycles. The van der Waals surface area contributed by atoms with E-state index in [-0.39, 0.29) is 18.4 Å². The minimum atomic E-state index is -0.137. The molecule has 1 atom stereocenters. The maximum absolute atomic E-state index is 11.9. The highest BCUT2D eigenvalue weighted by Gasteiger charge is 2.21. The van der Waals surface area contributed by atoms with Gasteiger partial charge in [0.25, 0.3) is 0 Å². The van der Waals surface area contributed by atoms with Gasteiger partial charge in [-0.1, -0.05) is 18.2 Å². The molecule has 1 unspecified atom stereocenters. The van der Waals surface area contributed by atoms with Crippen molar-refractivity contribution in [2.24, 2.45) is 0 Å². The van der Waals surface area contributed by atoms with Crippen molar-refractivity contribution in [2.45, 2.75) is 25.8 Å². The molecular formula is C14H15N3O3. The average Bonchev–Trinajstić information content (AvgIpc) is 2.83. The normalized spacial score (nSPS) is 17.1. The van der Waals surface area contributed by atoms with Crippen molar-refractivity contribution < 1.29 is 13.9 Å². The number of ether oxygens (including phenoxy) is 1. The van der Waals surface area contributed by atoms with Crippen LogP contribution in [0.1, 0.15) is 17.3 Å². The quantitative estimate of drug-likeness (QED) is 0.904. The Morgan fingerprint density at radius 1 is 1.40 bits per heavy atom. The molecular weight excluding hydrogens is 258 g/mol. The molecule has 6 heteroatoms. The van der Waals surface area contributed by atoms with Crippen molar-refractivity contribution in [1.29, 1.82) is 0 Å². The van der Waals surface area contributed by atoms with Crippen LogP contribution >= 0.6 is 0 Å². The third-order valence-electron chi connectivity index (χ3n) is 3.12. The van der Waals surface area contributed by atoms with Crippen LogP contribution in [0.5, 0.6) is 5.75 Å². The lowest BCUT2D eigenvalue weighted by atomic mass is 10.0. The van der Waals surface area contributed by atoms with Crippen LogP contribution in [0.15, 0.2) is 28.7 Å². The molecule has 1 N–H and O–H groups in total. The van der Waals surface area contributed by atoms with Gasteiger partial charge in [-0.2, -0.15) is 0 Å². The Morgan fingerprint density at radius 3 is 3.05 bits per heavy atom. The van der Waals surface area contributed by atoms with E-state index < -0.39 is 0 Å². The third kappa shape index (κ3) is 2.79. The van der Waals surface area contributed by atoms with Crippen molar-refractivity contribution in [3.63, 3.8) is 0 Å². The van der Waals surface area contributed by atoms with Crippen molar-refractivity contribution in [2.75, 3.05) is 6.61 Å². The summed E-state index contributed by atoms with van der Waals surface area (Å²) in [5.74, 6) is 1.55. The highest BCUT2D eigenvalue weighted by atomic mass is 16.5. The topological polar surface area (TPSA) is 77.2 Å². The first kappa shape index (κ1) is 12.7. The Kier molecular flexibility index (Phi) is 3.37. The van der Waals surface area contributed by atoms with E-state index >= 15 is 0 Å². The average molecular weight is 273 g/mol. The van der Waals surface area contributed by atoms with E-state index in [1.165, 1.54) is 0 Å². The fourth-order valence-electron chi connectivity index (χ4n) is 2.25. The van der Waals surface area contributed by atoms with Crippen molar-refractivity contribution in [3.05, 3.63) is 41.6 Å². The van der Waals surface area contributed by atoms with E-state index in [9.17, 15) is 4.79 Å². The zero-order chi connectivity index (χ0) is 13.9. The summed E-state index contributed by atoms with van der Waals surface area (Å²) in [7, 11) is 0. The van der Waals surface area contributed by atoms with Crippen LogP contribution in [0.2, 0.25) is 0 Å². The van der Waals surface area contributed by atoms with E-state index in [0.29, 0.717) is 18.4 Å². The number of aromatic nitrogens is 2. The summed E-state index contributed by atoms with van der Waals surface area (Å²) in [6.07, 6.45) is 0.865. The van der Waals surface area contributed by atoms with Gasteiger partial charge < -0.3 is 14.5 Å². The number of nitrogens with one attached hydrogen (secondary N) is 1. The van der Waals surface area contributed by atoms with Gasteiger partial charge >= 0.3 is 0 Å². The summed E-state index contributed by atoms with van der Waals surface area (Å²) in [4.78, 5) is 11.9. The molecule has 0 spiro atoms. The van der Waals surface area contributed by atoms with Crippen LogP contribution in [0.4, 0.5) is 0 Å². The molecule has 2 heterocycles. The van der Waals surface area contributed by atoms with Crippen LogP contribution in [0, 0.1) is 6.92 Å². The van der Waals surface area contributed by atoms with Crippen LogP contribution in [0.3, 0.4) is 0 Å². The van der Waals surface area contributed by atoms with E-state index in [4.69, 9.17) is 9.15 Å². The minimum absolute atomic E-state index is 0.0265. The summed E-state index contributed by atoms with van der Waals surface area (Å²) < 4.78 is 10.8. The first-order valence-electron chi connectivity index (χ1n) is 6.50. The monoisotopic (exact) mass is 273 g/mol. The Morgan fingerprint density at radius 2 is 2.25 bits per heavy atom. The zero-order valence-corrected chi connectivity index (χ0v) is 11.1. The number of hydrogen-bond donors (Lipinski definition) is 1. The van der Waals surface area contributed by atoms with E-state index in [1.807, 2.05) is 24.3 Å². The molecule has 3 rings (SSSR count). The van der Waals surface area contributed by atoms with Crippen molar-refractivity contribution in [1.82, 2.24) is 15.5 Å². The number of carbonyl (C=O) groups is 1. The number of hydrogen-bond acceptors (Lipinski definition) is 5. The number of fused-ring (bicyclic) bond motifs is 1. The number of aryl methyl sites for hydroxylation is 1. The number of para-hydroxylation sites is 1. The van der Waals surface area contributed by atoms with Crippen LogP contribution < -0.4 is 10.1 Å². The number of nitrogens with zero attached hydrogens (tertiary/aromatic N) is 2. The van der Waals surface area contributed by atoms with E-state index in [1.54, 1.807) is 6.92 Å². The standard InChI is InChI=1S/C14H15N3O3/c1-9-16-17-14(20-9)7-13(18)15-11-6-10-4-2-3-5-12(10)19-8-11/h2-5,11H,6-8H2,1H3,(H,15,18). The van der Waals surface area contributed by atoms with Gasteiger partial charge in [0.2, 0.25) is 17.7 Å². The maximum atomic E-state index is 11.9. The van der Waals surface area contributed by atoms with Gasteiger partial charge in [0.1, 0.15) is 18.8 Å². The van der Waals surface area contributed by atoms with Gasteiger partial charge in [0.15, 0.2) is 0 Å². The molecule has 1 aliphatic heterocycles. The predicted molar refractivity (Wildman–Crippen MR) is 70.3 cm³/mol. The van der Waals surface area contributed by atoms with Gasteiger partial charge in [-0.05, 0) is 18.1 Å². The molecule has 6 nitrogen and oxygen atoms in total. The first-order valence-corrected chi connectivity index (χ1v) is 6.50. The number of amides is 1. The molecule has 1 aromatic carbocycles. The lowest BCUT2D eigenvalue weighted by molar-refractivity contribution is -0.121. The second kappa shape index (κ2) is 5.32. The lowest BCUT2D eigenvalue weighted by Gasteiger charge is -2.25. The summed E-state index contributed by atoms with van der Waals surface area (Å²) in [6, 6.07) is 7.83. The molecule has 104 valence electrons. The van der Waals surface area contributed by atoms with Gasteiger partial charge in [-0.25, -0.2) is 0 Å². The molecule has 1 amide bonds. The smallest absolute Gasteiger partial charge is 0.229 e. The van der Waals surface area contributed by atoms with Crippen LogP contribution in [-0.4, -0.2) is 28.8 Å². The zero-order valence-electron chi connectivity index (χ0n) is 11.1. The largest absolute Gasteiger partial charge is 0.491 e. The molecule has 1 aromatic heterocycles. The summed E-state index contributed by atoms with van der Waals surface area (Å²) >= 11 is 0. The molecule has 20 heavy (non-hydrogen) atoms. The second-order valence-electron chi connectivity index (χ2n) is 4.78. The Labute approximate surface area is 116 Å². The molecule has 0 saturated carbocycles. The molecule has 0 aliphatic carbocycles. The molecule has 2 aromatic rings. The third-order valence-corrected chi connectivity index (χ3v) is 3.12. The van der Waals surface area contributed by atoms with E-state index in [2.05, 4.69) is 15.5 Å². The molecule has 0 bridgehead atoms. The van der Waals surface area contributed by atoms with Crippen LogP contribution in [-0.2, 0) is 17.6 Å². The SMILES string of the molecule is Cc1nnc(CC(=O)NC2COc3ccccc3C2)o1. The fraction of sp³-hybridized carbons (Fsp3) is 0.357. The van der Waals surface area contributed by atoms with Gasteiger partial charge in [0, 0.05) is 6.92 Å². The minimum Gasteiger partial charge on any atom is -0.491 e. The second-order valence-corrected chi connectivity index (χ2v) is 4.78. The van der Waals surface area contributed by atoms with Crippen molar-refractivity contribution >= 4 is 5.91 Å². The fourth-order valence-corrected chi connectivity index (χ4v) is 2.25. The molecule has 0 radical (unpaired) electrons. The van der Waals surface area contributed by atoms with Crippen LogP contribution in [0.25, 0.3) is 0 Å². The molecule has 0 fully saturated rings. The van der Waals surface area contributed by atoms with Gasteiger partial charge in [0.05, 0.1) is 6.04 Å². The summed E-state index contributed by atoms with van der Waals surface area (Å²) in [6.45, 7) is 2.17. The Hall–Kier alpha value is -2.37. The number of benzene rings is 1. The molecule has 1 aliphatic rings. The van der Waals surface area contributed by atoms with Gasteiger partial charge in [-0.3, -0.25) is 4.79 Å². The highest BCUT2D eigenvalue weighted by molar-refractivity contribution is 5.78. The van der Waals surface area contributed by atoms with E-state index in [0.717, 1.165) is 17.7 Å². The summed E-state index contributed by atoms with van der Waals surface area (Å²) in [5, 5.41) is 10.4. The Balaban J connectivity index is 1.58. The summed E-state index contributed by atoms with van der Waals surface area (Å²) in [5.41, 5.74) is 1.11. The number of carbonyl (C=O) groups excluding carboxylic acids is 1.